The summed E-state index contributed by atoms with van der Waals surface area (Å²) in [6.45, 7) is 8.96. The number of aryl methyl sites for hydroxylation is 1. The fourth-order valence-corrected chi connectivity index (χ4v) is 3.95. The van der Waals surface area contributed by atoms with Gasteiger partial charge in [-0.3, -0.25) is 0 Å². The van der Waals surface area contributed by atoms with Gasteiger partial charge in [0.25, 0.3) is 0 Å². The van der Waals surface area contributed by atoms with Crippen molar-refractivity contribution in [2.75, 3.05) is 0 Å². The number of rotatable bonds is 8. The average molecular weight is 326 g/mol. The Morgan fingerprint density at radius 2 is 1.67 bits per heavy atom. The van der Waals surface area contributed by atoms with Crippen LogP contribution in [0.3, 0.4) is 0 Å². The first-order valence-electron chi connectivity index (χ1n) is 9.38. The third kappa shape index (κ3) is 4.69. The van der Waals surface area contributed by atoms with Crippen molar-refractivity contribution in [1.82, 2.24) is 0 Å². The van der Waals surface area contributed by atoms with Crippen LogP contribution in [0.1, 0.15) is 75.0 Å². The van der Waals surface area contributed by atoms with Gasteiger partial charge in [0, 0.05) is 0 Å². The maximum absolute atomic E-state index is 13.7. The first-order valence-corrected chi connectivity index (χ1v) is 9.38. The Hall–Kier alpha value is -1.63. The first-order chi connectivity index (χ1) is 11.6. The molecule has 2 aromatic rings. The molecule has 24 heavy (non-hydrogen) atoms. The summed E-state index contributed by atoms with van der Waals surface area (Å²) >= 11 is 0. The van der Waals surface area contributed by atoms with E-state index in [1.54, 1.807) is 6.07 Å². The average Bonchev–Trinajstić information content (AvgIpc) is 2.58. The SMILES string of the molecule is CCCCC(CC)C(c1cccc(C)c1)C(C)c1cccc(F)c1. The summed E-state index contributed by atoms with van der Waals surface area (Å²) < 4.78 is 13.7. The first kappa shape index (κ1) is 18.7. The van der Waals surface area contributed by atoms with Gasteiger partial charge in [0.15, 0.2) is 0 Å². The molecule has 0 nitrogen and oxygen atoms in total. The Morgan fingerprint density at radius 3 is 2.29 bits per heavy atom. The summed E-state index contributed by atoms with van der Waals surface area (Å²) in [5.74, 6) is 1.24. The number of benzene rings is 2. The Morgan fingerprint density at radius 1 is 0.958 bits per heavy atom. The van der Waals surface area contributed by atoms with Crippen molar-refractivity contribution >= 4 is 0 Å². The molecule has 0 saturated carbocycles. The fourth-order valence-electron chi connectivity index (χ4n) is 3.95. The minimum Gasteiger partial charge on any atom is -0.207 e. The van der Waals surface area contributed by atoms with Crippen molar-refractivity contribution < 1.29 is 4.39 Å². The van der Waals surface area contributed by atoms with E-state index in [-0.39, 0.29) is 5.82 Å². The lowest BCUT2D eigenvalue weighted by molar-refractivity contribution is 0.337. The van der Waals surface area contributed by atoms with E-state index >= 15 is 0 Å². The Kier molecular flexibility index (Phi) is 7.02. The minimum absolute atomic E-state index is 0.135. The van der Waals surface area contributed by atoms with Crippen LogP contribution in [0.2, 0.25) is 0 Å². The fraction of sp³-hybridized carbons (Fsp3) is 0.478. The predicted octanol–water partition coefficient (Wildman–Crippen LogP) is 7.24. The molecule has 2 rings (SSSR count). The second-order valence-electron chi connectivity index (χ2n) is 7.09. The number of unbranched alkanes of at least 4 members (excludes halogenated alkanes) is 1. The van der Waals surface area contributed by atoms with Crippen molar-refractivity contribution in [2.24, 2.45) is 5.92 Å². The van der Waals surface area contributed by atoms with Crippen molar-refractivity contribution in [3.63, 3.8) is 0 Å². The van der Waals surface area contributed by atoms with E-state index in [0.717, 1.165) is 12.0 Å². The van der Waals surface area contributed by atoms with Crippen molar-refractivity contribution in [1.29, 1.82) is 0 Å². The number of hydrogen-bond donors (Lipinski definition) is 0. The van der Waals surface area contributed by atoms with Crippen LogP contribution in [-0.4, -0.2) is 0 Å². The van der Waals surface area contributed by atoms with Crippen LogP contribution in [0.5, 0.6) is 0 Å². The molecule has 0 amide bonds. The Bertz CT molecular complexity index is 631. The zero-order chi connectivity index (χ0) is 17.5. The van der Waals surface area contributed by atoms with Gasteiger partial charge >= 0.3 is 0 Å². The molecule has 0 aliphatic rings. The molecular formula is C23H31F. The van der Waals surface area contributed by atoms with Gasteiger partial charge in [0.05, 0.1) is 0 Å². The van der Waals surface area contributed by atoms with E-state index in [1.165, 1.54) is 36.5 Å². The lowest BCUT2D eigenvalue weighted by Gasteiger charge is -2.33. The smallest absolute Gasteiger partial charge is 0.123 e. The van der Waals surface area contributed by atoms with Gasteiger partial charge < -0.3 is 0 Å². The number of hydrogen-bond acceptors (Lipinski definition) is 0. The van der Waals surface area contributed by atoms with Gasteiger partial charge in [0.1, 0.15) is 5.82 Å². The van der Waals surface area contributed by atoms with Gasteiger partial charge in [-0.05, 0) is 54.4 Å². The Labute approximate surface area is 147 Å². The van der Waals surface area contributed by atoms with Crippen LogP contribution in [0.4, 0.5) is 4.39 Å². The molecule has 0 spiro atoms. The molecule has 0 radical (unpaired) electrons. The third-order valence-corrected chi connectivity index (χ3v) is 5.30. The van der Waals surface area contributed by atoms with E-state index in [9.17, 15) is 4.39 Å². The largest absolute Gasteiger partial charge is 0.207 e. The summed E-state index contributed by atoms with van der Waals surface area (Å²) in [6, 6.07) is 16.0. The molecule has 0 aliphatic heterocycles. The quantitative estimate of drug-likeness (QED) is 0.479. The zero-order valence-electron chi connectivity index (χ0n) is 15.6. The molecular weight excluding hydrogens is 295 g/mol. The van der Waals surface area contributed by atoms with Gasteiger partial charge in [-0.2, -0.15) is 0 Å². The van der Waals surface area contributed by atoms with Crippen molar-refractivity contribution in [3.05, 3.63) is 71.0 Å². The van der Waals surface area contributed by atoms with Crippen LogP contribution in [0.25, 0.3) is 0 Å². The molecule has 0 bridgehead atoms. The predicted molar refractivity (Wildman–Crippen MR) is 102 cm³/mol. The Balaban J connectivity index is 2.41. The molecule has 3 atom stereocenters. The summed E-state index contributed by atoms with van der Waals surface area (Å²) in [5, 5.41) is 0. The van der Waals surface area contributed by atoms with E-state index in [0.29, 0.717) is 17.8 Å². The van der Waals surface area contributed by atoms with Crippen molar-refractivity contribution in [3.8, 4) is 0 Å². The summed E-state index contributed by atoms with van der Waals surface area (Å²) in [5.41, 5.74) is 3.81. The maximum Gasteiger partial charge on any atom is 0.123 e. The molecule has 0 fully saturated rings. The number of halogens is 1. The maximum atomic E-state index is 13.7. The van der Waals surface area contributed by atoms with Crippen LogP contribution < -0.4 is 0 Å². The molecule has 0 heterocycles. The van der Waals surface area contributed by atoms with Crippen molar-refractivity contribution in [2.45, 2.75) is 65.2 Å². The van der Waals surface area contributed by atoms with E-state index in [2.05, 4.69) is 58.0 Å². The normalized spacial score (nSPS) is 15.0. The molecule has 0 N–H and O–H groups in total. The van der Waals surface area contributed by atoms with Crippen LogP contribution in [0, 0.1) is 18.7 Å². The highest BCUT2D eigenvalue weighted by Gasteiger charge is 2.28. The van der Waals surface area contributed by atoms with Gasteiger partial charge in [-0.15, -0.1) is 0 Å². The lowest BCUT2D eigenvalue weighted by atomic mass is 9.72. The monoisotopic (exact) mass is 326 g/mol. The van der Waals surface area contributed by atoms with Crippen LogP contribution >= 0.6 is 0 Å². The van der Waals surface area contributed by atoms with E-state index in [4.69, 9.17) is 0 Å². The second-order valence-corrected chi connectivity index (χ2v) is 7.09. The van der Waals surface area contributed by atoms with Gasteiger partial charge in [-0.1, -0.05) is 82.0 Å². The highest BCUT2D eigenvalue weighted by Crippen LogP contribution is 2.42. The third-order valence-electron chi connectivity index (χ3n) is 5.30. The highest BCUT2D eigenvalue weighted by molar-refractivity contribution is 5.31. The van der Waals surface area contributed by atoms with Crippen LogP contribution in [0.15, 0.2) is 48.5 Å². The molecule has 0 aromatic heterocycles. The molecule has 1 heteroatoms. The summed E-state index contributed by atoms with van der Waals surface area (Å²) in [6.07, 6.45) is 4.89. The van der Waals surface area contributed by atoms with Crippen LogP contribution in [-0.2, 0) is 0 Å². The topological polar surface area (TPSA) is 0 Å². The second kappa shape index (κ2) is 9.01. The lowest BCUT2D eigenvalue weighted by Crippen LogP contribution is -2.19. The molecule has 130 valence electrons. The van der Waals surface area contributed by atoms with Gasteiger partial charge in [0.2, 0.25) is 0 Å². The highest BCUT2D eigenvalue weighted by atomic mass is 19.1. The van der Waals surface area contributed by atoms with E-state index in [1.807, 2.05) is 6.07 Å². The van der Waals surface area contributed by atoms with E-state index < -0.39 is 0 Å². The molecule has 2 aromatic carbocycles. The molecule has 3 unspecified atom stereocenters. The standard InChI is InChI=1S/C23H31F/c1-5-7-11-19(6-2)23(21-13-8-10-17(3)15-21)18(4)20-12-9-14-22(24)16-20/h8-10,12-16,18-19,23H,5-7,11H2,1-4H3. The molecule has 0 aliphatic carbocycles. The summed E-state index contributed by atoms with van der Waals surface area (Å²) in [7, 11) is 0. The summed E-state index contributed by atoms with van der Waals surface area (Å²) in [4.78, 5) is 0. The minimum atomic E-state index is -0.135. The zero-order valence-corrected chi connectivity index (χ0v) is 15.6. The molecule has 0 saturated heterocycles. The van der Waals surface area contributed by atoms with Gasteiger partial charge in [-0.25, -0.2) is 4.39 Å².